The molecule has 566 valence electrons. The minimum absolute atomic E-state index is 0.0488. The van der Waals surface area contributed by atoms with E-state index in [0.717, 1.165) is 18.4 Å². The average Bonchev–Trinajstić information content (AvgIpc) is 1.51. The highest BCUT2D eigenvalue weighted by Crippen LogP contribution is 2.75. The van der Waals surface area contributed by atoms with Gasteiger partial charge in [0.25, 0.3) is 0 Å². The van der Waals surface area contributed by atoms with Gasteiger partial charge in [0, 0.05) is 20.6 Å². The first-order chi connectivity index (χ1) is 46.7. The number of cyclic esters (lactones) is 1. The Kier molecular flexibility index (Phi) is 23.5. The molecule has 32 nitrogen and oxygen atoms in total. The predicted octanol–water partition coefficient (Wildman–Crippen LogP) is -3.91. The predicted molar refractivity (Wildman–Crippen MR) is 331 cm³/mol. The van der Waals surface area contributed by atoms with E-state index in [9.17, 15) is 86.2 Å². The van der Waals surface area contributed by atoms with E-state index < -0.39 is 250 Å². The summed E-state index contributed by atoms with van der Waals surface area (Å²) in [6, 6.07) is 0. The molecule has 7 aliphatic heterocycles. The average molecular weight is 1420 g/mol. The SMILES string of the molecule is C=C(C)CCC[C@@]1(C)OC(=O)C23CC=C4C(CCC5C(C)(C)[C@@H](O[C@@H]6OCC(O[C@@H]7OC(CO)C(O)[C@H](O[C@@H]8OC(CO)C(O)[C@H](OC)C8O)C7O)[C@H](O)C6O[C@@H]6OC(C)C(O[C@@H]7OC(CO)C(O)[C@H](O[C@@H]8OC(CO)C(O)[C@H](OC)C8O)C7O)[C@H](O)C6O)CC[C@]45C)C2(C)CC(=O)C31. The van der Waals surface area contributed by atoms with Crippen LogP contribution in [0.3, 0.4) is 0 Å². The molecule has 1 spiro atoms. The number of allylic oxidation sites excluding steroid dienone is 3. The van der Waals surface area contributed by atoms with Gasteiger partial charge in [0.05, 0.1) is 56.6 Å². The van der Waals surface area contributed by atoms with Crippen molar-refractivity contribution >= 4 is 11.8 Å². The van der Waals surface area contributed by atoms with Crippen LogP contribution in [0.4, 0.5) is 0 Å². The Bertz CT molecular complexity index is 2840. The summed E-state index contributed by atoms with van der Waals surface area (Å²) in [5.41, 5.74) is -1.63. The molecule has 4 aliphatic carbocycles. The maximum Gasteiger partial charge on any atom is 0.314 e. The number of rotatable bonds is 22. The zero-order valence-electron chi connectivity index (χ0n) is 57.4. The number of carbonyl (C=O) groups excluding carboxylic acids is 2. The minimum Gasteiger partial charge on any atom is -0.458 e. The number of aliphatic hydroxyl groups is 15. The first-order valence-electron chi connectivity index (χ1n) is 34.7. The molecule has 37 atom stereocenters. The largest absolute Gasteiger partial charge is 0.458 e. The molecule has 15 N–H and O–H groups in total. The van der Waals surface area contributed by atoms with Crippen LogP contribution in [0.25, 0.3) is 0 Å². The number of Topliss-reactive ketones (excluding diaryl/α,β-unsaturated/α-hetero) is 1. The van der Waals surface area contributed by atoms with Gasteiger partial charge in [-0.25, -0.2) is 0 Å². The summed E-state index contributed by atoms with van der Waals surface area (Å²) in [5.74, 6) is -1.04. The van der Waals surface area contributed by atoms with E-state index in [1.807, 2.05) is 13.8 Å². The van der Waals surface area contributed by atoms with Crippen molar-refractivity contribution in [1.82, 2.24) is 0 Å². The summed E-state index contributed by atoms with van der Waals surface area (Å²) in [5, 5.41) is 167. The van der Waals surface area contributed by atoms with Crippen LogP contribution in [0.2, 0.25) is 0 Å². The molecule has 0 amide bonds. The van der Waals surface area contributed by atoms with Crippen LogP contribution in [0, 0.1) is 39.4 Å². The maximum absolute atomic E-state index is 14.6. The third-order valence-corrected chi connectivity index (χ3v) is 24.4. The molecule has 11 rings (SSSR count). The second-order valence-corrected chi connectivity index (χ2v) is 30.6. The maximum atomic E-state index is 14.6. The number of ether oxygens (including phenoxy) is 15. The third-order valence-electron chi connectivity index (χ3n) is 24.4. The van der Waals surface area contributed by atoms with E-state index in [0.29, 0.717) is 38.5 Å². The van der Waals surface area contributed by atoms with Gasteiger partial charge in [0.15, 0.2) is 37.7 Å². The van der Waals surface area contributed by atoms with Crippen LogP contribution >= 0.6 is 0 Å². The summed E-state index contributed by atoms with van der Waals surface area (Å²) in [6.07, 6.45) is -42.8. The van der Waals surface area contributed by atoms with Gasteiger partial charge in [0.2, 0.25) is 0 Å². The van der Waals surface area contributed by atoms with E-state index >= 15 is 0 Å². The molecule has 99 heavy (non-hydrogen) atoms. The molecule has 7 heterocycles. The highest BCUT2D eigenvalue weighted by Gasteiger charge is 2.79. The van der Waals surface area contributed by atoms with Crippen molar-refractivity contribution in [3.63, 3.8) is 0 Å². The van der Waals surface area contributed by atoms with Crippen molar-refractivity contribution in [2.45, 2.75) is 296 Å². The van der Waals surface area contributed by atoms with Crippen molar-refractivity contribution in [2.75, 3.05) is 47.3 Å². The topological polar surface area (TPSA) is 476 Å². The molecule has 22 unspecified atom stereocenters. The fourth-order valence-electron chi connectivity index (χ4n) is 19.0. The number of hydrogen-bond acceptors (Lipinski definition) is 32. The van der Waals surface area contributed by atoms with Crippen LogP contribution in [-0.2, 0) is 80.6 Å². The molecule has 0 aromatic heterocycles. The van der Waals surface area contributed by atoms with Gasteiger partial charge in [0.1, 0.15) is 146 Å². The summed E-state index contributed by atoms with van der Waals surface area (Å²) >= 11 is 0. The summed E-state index contributed by atoms with van der Waals surface area (Å²) in [7, 11) is 2.36. The zero-order valence-corrected chi connectivity index (χ0v) is 57.4. The van der Waals surface area contributed by atoms with Crippen molar-refractivity contribution in [1.29, 1.82) is 0 Å². The Morgan fingerprint density at radius 2 is 1.03 bits per heavy atom. The van der Waals surface area contributed by atoms with Gasteiger partial charge < -0.3 is 148 Å². The Morgan fingerprint density at radius 1 is 0.556 bits per heavy atom. The smallest absolute Gasteiger partial charge is 0.314 e. The molecular formula is C67H106O32. The fraction of sp³-hybridized carbons (Fsp3) is 0.910. The quantitative estimate of drug-likeness (QED) is 0.0280. The van der Waals surface area contributed by atoms with Crippen molar-refractivity contribution in [3.05, 3.63) is 23.8 Å². The molecule has 3 saturated carbocycles. The number of ketones is 1. The van der Waals surface area contributed by atoms with E-state index in [-0.39, 0.29) is 30.0 Å². The van der Waals surface area contributed by atoms with Crippen LogP contribution in [0.5, 0.6) is 0 Å². The van der Waals surface area contributed by atoms with Gasteiger partial charge in [-0.3, -0.25) is 9.59 Å². The van der Waals surface area contributed by atoms with Crippen LogP contribution in [-0.4, -0.2) is 325 Å². The minimum atomic E-state index is -2.08. The second-order valence-electron chi connectivity index (χ2n) is 30.6. The van der Waals surface area contributed by atoms with E-state index in [2.05, 4.69) is 40.3 Å². The summed E-state index contributed by atoms with van der Waals surface area (Å²) in [4.78, 5) is 29.1. The number of esters is 1. The molecule has 0 bridgehead atoms. The molecule has 0 radical (unpaired) electrons. The molecule has 10 fully saturated rings. The molecule has 7 saturated heterocycles. The fourth-order valence-corrected chi connectivity index (χ4v) is 19.0. The van der Waals surface area contributed by atoms with Gasteiger partial charge in [-0.1, -0.05) is 44.9 Å². The zero-order chi connectivity index (χ0) is 72.1. The first kappa shape index (κ1) is 77.6. The number of methoxy groups -OCH3 is 2. The van der Waals surface area contributed by atoms with Gasteiger partial charge >= 0.3 is 5.97 Å². The highest BCUT2D eigenvalue weighted by molar-refractivity contribution is 5.99. The van der Waals surface area contributed by atoms with Crippen LogP contribution < -0.4 is 0 Å². The Morgan fingerprint density at radius 3 is 1.54 bits per heavy atom. The van der Waals surface area contributed by atoms with Crippen molar-refractivity contribution in [3.8, 4) is 0 Å². The molecule has 11 aliphatic rings. The van der Waals surface area contributed by atoms with E-state index in [1.165, 1.54) is 26.7 Å². The van der Waals surface area contributed by atoms with Crippen molar-refractivity contribution in [2.24, 2.45) is 39.4 Å². The lowest BCUT2D eigenvalue weighted by molar-refractivity contribution is -0.397. The number of carbonyl (C=O) groups is 2. The first-order valence-corrected chi connectivity index (χ1v) is 34.7. The third kappa shape index (κ3) is 13.4. The molecular weight excluding hydrogens is 1320 g/mol. The molecule has 0 aromatic carbocycles. The standard InChI is InChI=1S/C67H106O32/c1-26(2)12-11-17-66(8)55-30(72)20-65(7)29-13-14-36-63(4,5)37(16-18-64(36,6)28(29)15-19-67(55,65)62(84)99-66)94-61-54(42(77)35(25-87-61)93-57-47(82)52(40(75)33(23-70)89-57)96-58-45(80)50(85-9)38(73)31(21-68)90-58)98-56-44(79)43(78)49(27(3)88-56)95-60-48(83)53(41(76)34(24-71)92-60)97-59-46(81)51(86-10)39(74)32(22-69)91-59/h15,27,29,31-61,68-71,73-83H,1,11-14,16-25H2,2-10H3/t27?,29?,31?,32?,33?,34?,35?,36?,37-,38?,39?,40?,41?,42-,43+,44?,45?,46?,47?,48?,49?,50-,51-,52-,53-,54?,55?,56-,57-,58-,59-,60-,61-,64+,65?,66+,67?/m0/s1. The highest BCUT2D eigenvalue weighted by atomic mass is 16.8. The van der Waals surface area contributed by atoms with Gasteiger partial charge in [-0.2, -0.15) is 0 Å². The lowest BCUT2D eigenvalue weighted by Crippen LogP contribution is -2.67. The molecule has 32 heteroatoms. The molecule has 0 aromatic rings. The summed E-state index contributed by atoms with van der Waals surface area (Å²) in [6.45, 7) is 14.0. The van der Waals surface area contributed by atoms with Crippen molar-refractivity contribution < 1.29 is 157 Å². The monoisotopic (exact) mass is 1420 g/mol. The normalized spacial score (nSPS) is 52.1. The Balaban J connectivity index is 0.837. The Labute approximate surface area is 573 Å². The lowest BCUT2D eigenvalue weighted by Gasteiger charge is -2.63. The van der Waals surface area contributed by atoms with Gasteiger partial charge in [-0.05, 0) is 100 Å². The van der Waals surface area contributed by atoms with E-state index in [1.54, 1.807) is 0 Å². The van der Waals surface area contributed by atoms with Crippen LogP contribution in [0.15, 0.2) is 23.8 Å². The number of fused-ring (bicyclic) bond motifs is 4. The number of aliphatic hydroxyl groups excluding tert-OH is 15. The Hall–Kier alpha value is -2.54. The van der Waals surface area contributed by atoms with Gasteiger partial charge in [-0.15, -0.1) is 6.58 Å². The van der Waals surface area contributed by atoms with Crippen LogP contribution in [0.1, 0.15) is 106 Å². The van der Waals surface area contributed by atoms with E-state index in [4.69, 9.17) is 71.1 Å². The number of hydrogen-bond donors (Lipinski definition) is 15. The lowest BCUT2D eigenvalue weighted by atomic mass is 9.41. The summed E-state index contributed by atoms with van der Waals surface area (Å²) < 4.78 is 90.1. The second kappa shape index (κ2) is 30.0.